The first-order valence-corrected chi connectivity index (χ1v) is 5.43. The third kappa shape index (κ3) is 5.86. The van der Waals surface area contributed by atoms with E-state index in [9.17, 15) is 0 Å². The van der Waals surface area contributed by atoms with Crippen LogP contribution in [0.2, 0.25) is 0 Å². The van der Waals surface area contributed by atoms with Gasteiger partial charge in [0.25, 0.3) is 0 Å². The summed E-state index contributed by atoms with van der Waals surface area (Å²) in [5, 5.41) is 4.14. The van der Waals surface area contributed by atoms with Gasteiger partial charge in [0.1, 0.15) is 0 Å². The zero-order chi connectivity index (χ0) is 10.4. The van der Waals surface area contributed by atoms with Crippen LogP contribution < -0.4 is 5.32 Å². The van der Waals surface area contributed by atoms with Crippen LogP contribution in [-0.4, -0.2) is 29.1 Å². The Kier molecular flexibility index (Phi) is 6.04. The molecule has 2 nitrogen and oxygen atoms in total. The Morgan fingerprint density at radius 1 is 1.31 bits per heavy atom. The van der Waals surface area contributed by atoms with Crippen molar-refractivity contribution < 1.29 is 0 Å². The van der Waals surface area contributed by atoms with Crippen molar-refractivity contribution in [2.45, 2.75) is 40.7 Å². The predicted molar refractivity (Wildman–Crippen MR) is 63.0 cm³/mol. The van der Waals surface area contributed by atoms with Crippen molar-refractivity contribution in [3.8, 4) is 0 Å². The molecule has 13 heavy (non-hydrogen) atoms. The fourth-order valence-electron chi connectivity index (χ4n) is 1.13. The molecular weight excluding hydrogens is 180 g/mol. The number of rotatable bonds is 4. The Morgan fingerprint density at radius 3 is 2.15 bits per heavy atom. The first-order chi connectivity index (χ1) is 5.97. The molecule has 0 bridgehead atoms. The standard InChI is InChI=1S/C10H22N2S/c1-6-12(7-8(2)3)10(13)11-9(4)5/h8-9H,6-7H2,1-5H3,(H,11,13). The lowest BCUT2D eigenvalue weighted by molar-refractivity contribution is 0.373. The van der Waals surface area contributed by atoms with E-state index in [2.05, 4.69) is 44.8 Å². The molecule has 0 saturated carbocycles. The highest BCUT2D eigenvalue weighted by atomic mass is 32.1. The monoisotopic (exact) mass is 202 g/mol. The summed E-state index contributed by atoms with van der Waals surface area (Å²) >= 11 is 5.28. The molecule has 0 saturated heterocycles. The molecule has 0 heterocycles. The van der Waals surface area contributed by atoms with E-state index < -0.39 is 0 Å². The van der Waals surface area contributed by atoms with Crippen LogP contribution in [0.1, 0.15) is 34.6 Å². The summed E-state index contributed by atoms with van der Waals surface area (Å²) < 4.78 is 0. The molecule has 0 aliphatic rings. The maximum Gasteiger partial charge on any atom is 0.169 e. The first-order valence-electron chi connectivity index (χ1n) is 5.02. The second kappa shape index (κ2) is 6.19. The third-order valence-electron chi connectivity index (χ3n) is 1.67. The number of nitrogens with zero attached hydrogens (tertiary/aromatic N) is 1. The smallest absolute Gasteiger partial charge is 0.169 e. The molecule has 0 aromatic heterocycles. The van der Waals surface area contributed by atoms with Crippen molar-refractivity contribution in [2.24, 2.45) is 5.92 Å². The lowest BCUT2D eigenvalue weighted by Crippen LogP contribution is -2.44. The number of hydrogen-bond acceptors (Lipinski definition) is 1. The zero-order valence-electron chi connectivity index (χ0n) is 9.42. The average Bonchev–Trinajstić information content (AvgIpc) is 1.98. The molecule has 3 heteroatoms. The molecule has 78 valence electrons. The van der Waals surface area contributed by atoms with Crippen molar-refractivity contribution in [2.75, 3.05) is 13.1 Å². The van der Waals surface area contributed by atoms with Crippen molar-refractivity contribution in [1.82, 2.24) is 10.2 Å². The summed E-state index contributed by atoms with van der Waals surface area (Å²) in [5.41, 5.74) is 0. The van der Waals surface area contributed by atoms with Crippen molar-refractivity contribution >= 4 is 17.3 Å². The van der Waals surface area contributed by atoms with Crippen LogP contribution in [0.3, 0.4) is 0 Å². The maximum atomic E-state index is 5.28. The Bertz CT molecular complexity index is 155. The van der Waals surface area contributed by atoms with Gasteiger partial charge in [-0.05, 0) is 38.9 Å². The Balaban J connectivity index is 3.99. The zero-order valence-corrected chi connectivity index (χ0v) is 10.2. The Hall–Kier alpha value is -0.310. The van der Waals surface area contributed by atoms with E-state index in [0.29, 0.717) is 12.0 Å². The van der Waals surface area contributed by atoms with Crippen LogP contribution in [0.25, 0.3) is 0 Å². The van der Waals surface area contributed by atoms with Gasteiger partial charge in [0.05, 0.1) is 0 Å². The van der Waals surface area contributed by atoms with E-state index in [-0.39, 0.29) is 0 Å². The lowest BCUT2D eigenvalue weighted by atomic mass is 10.2. The maximum absolute atomic E-state index is 5.28. The van der Waals surface area contributed by atoms with Crippen LogP contribution in [0, 0.1) is 5.92 Å². The normalized spacial score (nSPS) is 10.7. The molecular formula is C10H22N2S. The molecule has 0 aliphatic heterocycles. The SMILES string of the molecule is CCN(CC(C)C)C(=S)NC(C)C. The van der Waals surface area contributed by atoms with Gasteiger partial charge in [-0.1, -0.05) is 13.8 Å². The summed E-state index contributed by atoms with van der Waals surface area (Å²) in [7, 11) is 0. The minimum atomic E-state index is 0.425. The van der Waals surface area contributed by atoms with Gasteiger partial charge in [0.2, 0.25) is 0 Å². The highest BCUT2D eigenvalue weighted by molar-refractivity contribution is 7.80. The molecule has 0 aromatic rings. The highest BCUT2D eigenvalue weighted by Gasteiger charge is 2.09. The van der Waals surface area contributed by atoms with Gasteiger partial charge in [-0.15, -0.1) is 0 Å². The quantitative estimate of drug-likeness (QED) is 0.704. The molecule has 1 N–H and O–H groups in total. The molecule has 0 rings (SSSR count). The van der Waals surface area contributed by atoms with E-state index in [1.54, 1.807) is 0 Å². The van der Waals surface area contributed by atoms with Crippen molar-refractivity contribution in [3.63, 3.8) is 0 Å². The third-order valence-corrected chi connectivity index (χ3v) is 2.04. The van der Waals surface area contributed by atoms with Crippen LogP contribution in [0.4, 0.5) is 0 Å². The molecule has 0 unspecified atom stereocenters. The van der Waals surface area contributed by atoms with Gasteiger partial charge in [0, 0.05) is 19.1 Å². The lowest BCUT2D eigenvalue weighted by Gasteiger charge is -2.27. The van der Waals surface area contributed by atoms with Gasteiger partial charge in [0.15, 0.2) is 5.11 Å². The fourth-order valence-corrected chi connectivity index (χ4v) is 1.57. The van der Waals surface area contributed by atoms with Crippen LogP contribution >= 0.6 is 12.2 Å². The van der Waals surface area contributed by atoms with Gasteiger partial charge in [-0.25, -0.2) is 0 Å². The molecule has 0 aromatic carbocycles. The van der Waals surface area contributed by atoms with Gasteiger partial charge in [-0.3, -0.25) is 0 Å². The molecule has 0 radical (unpaired) electrons. The fraction of sp³-hybridized carbons (Fsp3) is 0.900. The Labute approximate surface area is 87.7 Å². The van der Waals surface area contributed by atoms with Crippen molar-refractivity contribution in [3.05, 3.63) is 0 Å². The van der Waals surface area contributed by atoms with E-state index >= 15 is 0 Å². The van der Waals surface area contributed by atoms with E-state index in [0.717, 1.165) is 18.2 Å². The minimum absolute atomic E-state index is 0.425. The molecule has 0 spiro atoms. The molecule has 0 atom stereocenters. The van der Waals surface area contributed by atoms with Crippen LogP contribution in [0.5, 0.6) is 0 Å². The summed E-state index contributed by atoms with van der Waals surface area (Å²) in [5.74, 6) is 0.659. The van der Waals surface area contributed by atoms with Gasteiger partial charge in [-0.2, -0.15) is 0 Å². The summed E-state index contributed by atoms with van der Waals surface area (Å²) in [6, 6.07) is 0.425. The highest BCUT2D eigenvalue weighted by Crippen LogP contribution is 1.99. The predicted octanol–water partition coefficient (Wildman–Crippen LogP) is 2.25. The number of hydrogen-bond donors (Lipinski definition) is 1. The summed E-state index contributed by atoms with van der Waals surface area (Å²) in [6.45, 7) is 12.8. The minimum Gasteiger partial charge on any atom is -0.360 e. The second-order valence-electron chi connectivity index (χ2n) is 4.04. The molecule has 0 aliphatic carbocycles. The number of nitrogens with one attached hydrogen (secondary N) is 1. The topological polar surface area (TPSA) is 15.3 Å². The van der Waals surface area contributed by atoms with Gasteiger partial charge < -0.3 is 10.2 Å². The summed E-state index contributed by atoms with van der Waals surface area (Å²) in [4.78, 5) is 2.21. The average molecular weight is 202 g/mol. The van der Waals surface area contributed by atoms with Crippen LogP contribution in [-0.2, 0) is 0 Å². The van der Waals surface area contributed by atoms with Crippen LogP contribution in [0.15, 0.2) is 0 Å². The summed E-state index contributed by atoms with van der Waals surface area (Å²) in [6.07, 6.45) is 0. The van der Waals surface area contributed by atoms with Crippen molar-refractivity contribution in [1.29, 1.82) is 0 Å². The largest absolute Gasteiger partial charge is 0.360 e. The number of thiocarbonyl (C=S) groups is 1. The second-order valence-corrected chi connectivity index (χ2v) is 4.42. The first kappa shape index (κ1) is 12.7. The molecule has 0 fully saturated rings. The van der Waals surface area contributed by atoms with Gasteiger partial charge >= 0.3 is 0 Å². The van der Waals surface area contributed by atoms with E-state index in [4.69, 9.17) is 12.2 Å². The molecule has 0 amide bonds. The van der Waals surface area contributed by atoms with E-state index in [1.165, 1.54) is 0 Å². The van der Waals surface area contributed by atoms with E-state index in [1.807, 2.05) is 0 Å². The Morgan fingerprint density at radius 2 is 1.85 bits per heavy atom.